The molecule has 1 fully saturated rings. The van der Waals surface area contributed by atoms with Crippen molar-refractivity contribution in [3.63, 3.8) is 0 Å². The molecule has 2 aliphatic rings. The number of likely N-dealkylation sites (N-methyl/N-ethyl adjacent to an activating group) is 1. The molecule has 2 aromatic carbocycles. The van der Waals surface area contributed by atoms with Crippen LogP contribution >= 0.6 is 0 Å². The maximum absolute atomic E-state index is 13.0. The molecule has 27 heavy (non-hydrogen) atoms. The van der Waals surface area contributed by atoms with Crippen LogP contribution in [0.3, 0.4) is 0 Å². The molecule has 1 saturated heterocycles. The van der Waals surface area contributed by atoms with E-state index in [9.17, 15) is 9.59 Å². The summed E-state index contributed by atoms with van der Waals surface area (Å²) in [5.74, 6) is -0.148. The molecule has 5 heteroatoms. The second kappa shape index (κ2) is 7.37. The summed E-state index contributed by atoms with van der Waals surface area (Å²) in [6, 6.07) is 15.1. The molecule has 1 N–H and O–H groups in total. The summed E-state index contributed by atoms with van der Waals surface area (Å²) in [6.45, 7) is 6.42. The molecule has 0 aromatic heterocycles. The molecule has 2 amide bonds. The molecule has 2 aromatic rings. The summed E-state index contributed by atoms with van der Waals surface area (Å²) in [6.07, 6.45) is 1.69. The number of nitrogens with one attached hydrogen (secondary N) is 1. The Morgan fingerprint density at radius 1 is 0.963 bits per heavy atom. The van der Waals surface area contributed by atoms with Crippen LogP contribution in [0.5, 0.6) is 0 Å². The summed E-state index contributed by atoms with van der Waals surface area (Å²) < 4.78 is 0. The van der Waals surface area contributed by atoms with Gasteiger partial charge in [-0.05, 0) is 29.8 Å². The standard InChI is InChI=1S/C22H23N3O2/c1-2-24-11-13-25(14-12-24)21(26)15-19-16-7-3-4-9-18(16)22(27)23-20-10-6-5-8-17(19)20/h3-10,15H,2,11-14H2,1H3,(H,23,27)/b19-15-. The van der Waals surface area contributed by atoms with E-state index in [1.165, 1.54) is 0 Å². The third kappa shape index (κ3) is 3.38. The lowest BCUT2D eigenvalue weighted by atomic mass is 9.93. The topological polar surface area (TPSA) is 52.6 Å². The number of nitrogens with zero attached hydrogens (tertiary/aromatic N) is 2. The lowest BCUT2D eigenvalue weighted by Gasteiger charge is -2.33. The number of fused-ring (bicyclic) bond motifs is 2. The highest BCUT2D eigenvalue weighted by Crippen LogP contribution is 2.35. The van der Waals surface area contributed by atoms with Gasteiger partial charge >= 0.3 is 0 Å². The quantitative estimate of drug-likeness (QED) is 0.837. The maximum atomic E-state index is 13.0. The SMILES string of the molecule is CCN1CCN(C(=O)/C=C2\c3ccccc3NC(=O)c3ccccc32)CC1. The Morgan fingerprint density at radius 3 is 2.30 bits per heavy atom. The van der Waals surface area contributed by atoms with E-state index in [4.69, 9.17) is 0 Å². The first kappa shape index (κ1) is 17.5. The van der Waals surface area contributed by atoms with Crippen LogP contribution in [0.15, 0.2) is 54.6 Å². The molecule has 0 atom stereocenters. The van der Waals surface area contributed by atoms with E-state index >= 15 is 0 Å². The van der Waals surface area contributed by atoms with Gasteiger partial charge in [0.05, 0.1) is 0 Å². The van der Waals surface area contributed by atoms with Crippen molar-refractivity contribution in [1.29, 1.82) is 0 Å². The molecule has 0 unspecified atom stereocenters. The molecular formula is C22H23N3O2. The van der Waals surface area contributed by atoms with Gasteiger partial charge in [-0.2, -0.15) is 0 Å². The fourth-order valence-corrected chi connectivity index (χ4v) is 3.73. The second-order valence-electron chi connectivity index (χ2n) is 6.86. The number of para-hydroxylation sites is 1. The van der Waals surface area contributed by atoms with Crippen LogP contribution < -0.4 is 5.32 Å². The van der Waals surface area contributed by atoms with Crippen molar-refractivity contribution >= 4 is 23.1 Å². The third-order valence-corrected chi connectivity index (χ3v) is 5.33. The van der Waals surface area contributed by atoms with Gasteiger partial charge in [0.2, 0.25) is 5.91 Å². The van der Waals surface area contributed by atoms with Crippen LogP contribution in [-0.2, 0) is 4.79 Å². The molecule has 2 heterocycles. The smallest absolute Gasteiger partial charge is 0.256 e. The van der Waals surface area contributed by atoms with Crippen molar-refractivity contribution in [3.8, 4) is 0 Å². The predicted molar refractivity (Wildman–Crippen MR) is 107 cm³/mol. The third-order valence-electron chi connectivity index (χ3n) is 5.33. The van der Waals surface area contributed by atoms with Crippen molar-refractivity contribution in [2.24, 2.45) is 0 Å². The zero-order valence-electron chi connectivity index (χ0n) is 15.4. The maximum Gasteiger partial charge on any atom is 0.256 e. The average molecular weight is 361 g/mol. The summed E-state index contributed by atoms with van der Waals surface area (Å²) >= 11 is 0. The highest BCUT2D eigenvalue weighted by atomic mass is 16.2. The van der Waals surface area contributed by atoms with Gasteiger partial charge in [-0.3, -0.25) is 9.59 Å². The van der Waals surface area contributed by atoms with E-state index in [1.54, 1.807) is 12.1 Å². The Balaban J connectivity index is 1.75. The summed E-state index contributed by atoms with van der Waals surface area (Å²) in [7, 11) is 0. The highest BCUT2D eigenvalue weighted by Gasteiger charge is 2.25. The van der Waals surface area contributed by atoms with Crippen molar-refractivity contribution < 1.29 is 9.59 Å². The van der Waals surface area contributed by atoms with Crippen LogP contribution in [0.1, 0.15) is 28.4 Å². The van der Waals surface area contributed by atoms with Crippen LogP contribution in [0.4, 0.5) is 5.69 Å². The molecule has 0 aliphatic carbocycles. The van der Waals surface area contributed by atoms with Gasteiger partial charge in [0.15, 0.2) is 0 Å². The van der Waals surface area contributed by atoms with E-state index in [-0.39, 0.29) is 11.8 Å². The van der Waals surface area contributed by atoms with Crippen molar-refractivity contribution in [1.82, 2.24) is 9.80 Å². The first-order chi connectivity index (χ1) is 13.2. The number of hydrogen-bond donors (Lipinski definition) is 1. The minimum atomic E-state index is -0.148. The molecule has 5 nitrogen and oxygen atoms in total. The minimum Gasteiger partial charge on any atom is -0.337 e. The molecular weight excluding hydrogens is 338 g/mol. The summed E-state index contributed by atoms with van der Waals surface area (Å²) in [5.41, 5.74) is 3.77. The fourth-order valence-electron chi connectivity index (χ4n) is 3.73. The van der Waals surface area contributed by atoms with E-state index in [2.05, 4.69) is 17.1 Å². The molecule has 0 bridgehead atoms. The van der Waals surface area contributed by atoms with Crippen molar-refractivity contribution in [3.05, 3.63) is 71.3 Å². The van der Waals surface area contributed by atoms with Crippen LogP contribution in [-0.4, -0.2) is 54.3 Å². The number of carbonyl (C=O) groups excluding carboxylic acids is 2. The number of amides is 2. The summed E-state index contributed by atoms with van der Waals surface area (Å²) in [4.78, 5) is 29.9. The van der Waals surface area contributed by atoms with E-state index in [0.717, 1.165) is 55.1 Å². The normalized spacial score (nSPS) is 18.5. The van der Waals surface area contributed by atoms with Gasteiger partial charge in [-0.1, -0.05) is 43.3 Å². The first-order valence-corrected chi connectivity index (χ1v) is 9.40. The molecule has 0 radical (unpaired) electrons. The number of carbonyl (C=O) groups is 2. The van der Waals surface area contributed by atoms with E-state index in [1.807, 2.05) is 47.4 Å². The molecule has 2 aliphatic heterocycles. The molecule has 0 spiro atoms. The lowest BCUT2D eigenvalue weighted by Crippen LogP contribution is -2.48. The number of benzene rings is 2. The van der Waals surface area contributed by atoms with Gasteiger partial charge in [0, 0.05) is 49.1 Å². The largest absolute Gasteiger partial charge is 0.337 e. The van der Waals surface area contributed by atoms with Crippen molar-refractivity contribution in [2.45, 2.75) is 6.92 Å². The number of rotatable bonds is 2. The molecule has 4 rings (SSSR count). The van der Waals surface area contributed by atoms with Crippen LogP contribution in [0, 0.1) is 0 Å². The lowest BCUT2D eigenvalue weighted by molar-refractivity contribution is -0.127. The van der Waals surface area contributed by atoms with E-state index < -0.39 is 0 Å². The average Bonchev–Trinajstić information content (AvgIpc) is 2.83. The van der Waals surface area contributed by atoms with Gasteiger partial charge < -0.3 is 15.1 Å². The highest BCUT2D eigenvalue weighted by molar-refractivity contribution is 6.14. The zero-order valence-corrected chi connectivity index (χ0v) is 15.4. The van der Waals surface area contributed by atoms with Crippen molar-refractivity contribution in [2.75, 3.05) is 38.0 Å². The minimum absolute atomic E-state index is 0.000270. The summed E-state index contributed by atoms with van der Waals surface area (Å²) in [5, 5.41) is 2.96. The number of anilines is 1. The number of piperazine rings is 1. The van der Waals surface area contributed by atoms with Gasteiger partial charge in [0.1, 0.15) is 0 Å². The monoisotopic (exact) mass is 361 g/mol. The Bertz CT molecular complexity index is 911. The zero-order chi connectivity index (χ0) is 18.8. The Morgan fingerprint density at radius 2 is 1.59 bits per heavy atom. The number of hydrogen-bond acceptors (Lipinski definition) is 3. The first-order valence-electron chi connectivity index (χ1n) is 9.40. The Kier molecular flexibility index (Phi) is 4.77. The fraction of sp³-hybridized carbons (Fsp3) is 0.273. The van der Waals surface area contributed by atoms with Gasteiger partial charge in [-0.15, -0.1) is 0 Å². The predicted octanol–water partition coefficient (Wildman–Crippen LogP) is 2.85. The van der Waals surface area contributed by atoms with Crippen LogP contribution in [0.2, 0.25) is 0 Å². The Hall–Kier alpha value is -2.92. The van der Waals surface area contributed by atoms with Gasteiger partial charge in [-0.25, -0.2) is 0 Å². The molecule has 0 saturated carbocycles. The molecule has 138 valence electrons. The Labute approximate surface area is 159 Å². The van der Waals surface area contributed by atoms with Crippen LogP contribution in [0.25, 0.3) is 5.57 Å². The van der Waals surface area contributed by atoms with E-state index in [0.29, 0.717) is 5.56 Å². The second-order valence-corrected chi connectivity index (χ2v) is 6.86. The van der Waals surface area contributed by atoms with Gasteiger partial charge in [0.25, 0.3) is 5.91 Å².